The summed E-state index contributed by atoms with van der Waals surface area (Å²) in [5.41, 5.74) is 5.28. The number of phenols is 1. The van der Waals surface area contributed by atoms with E-state index in [9.17, 15) is 14.3 Å². The maximum Gasteiger partial charge on any atom is 0.265 e. The molecule has 56 heavy (non-hydrogen) atoms. The van der Waals surface area contributed by atoms with Crippen LogP contribution in [0, 0.1) is 5.82 Å². The summed E-state index contributed by atoms with van der Waals surface area (Å²) >= 11 is 0. The van der Waals surface area contributed by atoms with E-state index in [2.05, 4.69) is 29.0 Å². The van der Waals surface area contributed by atoms with E-state index in [1.165, 1.54) is 30.9 Å². The van der Waals surface area contributed by atoms with Crippen molar-refractivity contribution in [2.24, 2.45) is 0 Å². The Hall–Kier alpha value is -5.39. The molecule has 1 N–H and O–H groups in total. The van der Waals surface area contributed by atoms with Crippen molar-refractivity contribution in [3.8, 4) is 17.2 Å². The Kier molecular flexibility index (Phi) is 12.4. The number of rotatable bonds is 8. The lowest BCUT2D eigenvalue weighted by molar-refractivity contribution is 0.0535. The van der Waals surface area contributed by atoms with Crippen LogP contribution in [0.1, 0.15) is 31.8 Å². The third-order valence-electron chi connectivity index (χ3n) is 10.7. The number of fused-ring (bicyclic) bond motifs is 2. The molecule has 9 nitrogen and oxygen atoms in total. The van der Waals surface area contributed by atoms with Gasteiger partial charge in [0.15, 0.2) is 11.5 Å². The van der Waals surface area contributed by atoms with Crippen LogP contribution < -0.4 is 9.64 Å². The summed E-state index contributed by atoms with van der Waals surface area (Å²) in [6.07, 6.45) is 2.46. The fourth-order valence-electron chi connectivity index (χ4n) is 7.78. The zero-order chi connectivity index (χ0) is 37.3. The predicted molar refractivity (Wildman–Crippen MR) is 223 cm³/mol. The molecule has 0 spiro atoms. The second-order valence-electron chi connectivity index (χ2n) is 14.1. The van der Waals surface area contributed by atoms with Gasteiger partial charge in [-0.2, -0.15) is 0 Å². The molecule has 12 heteroatoms. The third kappa shape index (κ3) is 7.83. The molecule has 0 aliphatic carbocycles. The van der Waals surface area contributed by atoms with Crippen LogP contribution in [0.4, 0.5) is 15.8 Å². The summed E-state index contributed by atoms with van der Waals surface area (Å²) in [7, 11) is 3.60. The number of phenolic OH excluding ortho intramolecular Hbond substituents is 1. The summed E-state index contributed by atoms with van der Waals surface area (Å²) in [6.45, 7) is 4.95. The number of para-hydroxylation sites is 2. The van der Waals surface area contributed by atoms with Gasteiger partial charge in [-0.25, -0.2) is 4.39 Å². The molecule has 1 saturated heterocycles. The van der Waals surface area contributed by atoms with E-state index in [4.69, 9.17) is 4.74 Å². The molecule has 1 fully saturated rings. The Balaban J connectivity index is 0.00000266. The number of methoxy groups -OCH3 is 1. The molecule has 2 aliphatic rings. The van der Waals surface area contributed by atoms with Crippen molar-refractivity contribution in [3.63, 3.8) is 0 Å². The van der Waals surface area contributed by atoms with Gasteiger partial charge in [-0.3, -0.25) is 19.4 Å². The number of aromatic nitrogens is 1. The molecule has 0 unspecified atom stereocenters. The van der Waals surface area contributed by atoms with Gasteiger partial charge in [-0.05, 0) is 73.1 Å². The molecule has 6 aromatic rings. The highest BCUT2D eigenvalue weighted by molar-refractivity contribution is 6.17. The van der Waals surface area contributed by atoms with Gasteiger partial charge < -0.3 is 24.2 Å². The van der Waals surface area contributed by atoms with E-state index in [0.29, 0.717) is 40.1 Å². The number of ether oxygens (including phenoxy) is 1. The monoisotopic (exact) mass is 795 g/mol. The van der Waals surface area contributed by atoms with Gasteiger partial charge in [-0.15, -0.1) is 24.8 Å². The molecule has 2 amide bonds. The Morgan fingerprint density at radius 1 is 0.804 bits per heavy atom. The molecule has 1 aromatic heterocycles. The zero-order valence-electron chi connectivity index (χ0n) is 31.2. The number of benzene rings is 5. The molecule has 0 radical (unpaired) electrons. The Morgan fingerprint density at radius 2 is 1.45 bits per heavy atom. The fourth-order valence-corrected chi connectivity index (χ4v) is 7.78. The van der Waals surface area contributed by atoms with E-state index in [1.807, 2.05) is 76.2 Å². The number of aromatic hydroxyl groups is 1. The van der Waals surface area contributed by atoms with Gasteiger partial charge in [0.2, 0.25) is 0 Å². The lowest BCUT2D eigenvalue weighted by Crippen LogP contribution is -2.53. The van der Waals surface area contributed by atoms with Crippen molar-refractivity contribution in [1.29, 1.82) is 0 Å². The van der Waals surface area contributed by atoms with Crippen LogP contribution in [-0.4, -0.2) is 89.1 Å². The standard InChI is InChI=1S/C44H42FN5O4.2ClH/c1-46-20-22-47(23-21-46)28-35-24-30-10-6-7-11-31(30)27-48(35)43(52)37-25-41(51)42(54-2)26-40(37)49-29-38(36-14-8-9-15-39(36)49)44(53)50(33-12-4-3-5-13-33)34-18-16-32(45)17-19-34;;/h3-19,25-26,29,35,51H,20-24,27-28H2,1-2H3;2*1H/t35-;;/m0../s1. The minimum atomic E-state index is -0.405. The number of amides is 2. The molecule has 0 bridgehead atoms. The first-order chi connectivity index (χ1) is 26.3. The molecule has 0 saturated carbocycles. The maximum atomic E-state index is 15.1. The van der Waals surface area contributed by atoms with Crippen molar-refractivity contribution < 1.29 is 23.8 Å². The largest absolute Gasteiger partial charge is 0.504 e. The quantitative estimate of drug-likeness (QED) is 0.168. The molecular weight excluding hydrogens is 752 g/mol. The van der Waals surface area contributed by atoms with E-state index >= 15 is 4.79 Å². The number of hydrogen-bond acceptors (Lipinski definition) is 6. The van der Waals surface area contributed by atoms with Crippen LogP contribution in [0.5, 0.6) is 11.5 Å². The van der Waals surface area contributed by atoms with Crippen LogP contribution in [0.2, 0.25) is 0 Å². The van der Waals surface area contributed by atoms with Gasteiger partial charge in [-0.1, -0.05) is 60.7 Å². The Bertz CT molecular complexity index is 2330. The SMILES string of the molecule is COc1cc(-n2cc(C(=O)N(c3ccccc3)c3ccc(F)cc3)c3ccccc32)c(C(=O)N2Cc3ccccc3C[C@H]2CN2CCN(C)CC2)cc1O.Cl.Cl. The second-order valence-corrected chi connectivity index (χ2v) is 14.1. The molecule has 290 valence electrons. The summed E-state index contributed by atoms with van der Waals surface area (Å²) in [5, 5.41) is 11.8. The summed E-state index contributed by atoms with van der Waals surface area (Å²) in [5.74, 6) is -0.919. The van der Waals surface area contributed by atoms with Crippen LogP contribution in [0.25, 0.3) is 16.6 Å². The smallest absolute Gasteiger partial charge is 0.265 e. The topological polar surface area (TPSA) is 81.5 Å². The molecule has 8 rings (SSSR count). The van der Waals surface area contributed by atoms with E-state index in [1.54, 1.807) is 29.3 Å². The highest BCUT2D eigenvalue weighted by atomic mass is 35.5. The highest BCUT2D eigenvalue weighted by Gasteiger charge is 2.34. The number of piperazine rings is 1. The average Bonchev–Trinajstić information content (AvgIpc) is 3.59. The Labute approximate surface area is 338 Å². The Morgan fingerprint density at radius 3 is 2.16 bits per heavy atom. The zero-order valence-corrected chi connectivity index (χ0v) is 32.8. The predicted octanol–water partition coefficient (Wildman–Crippen LogP) is 8.12. The van der Waals surface area contributed by atoms with Gasteiger partial charge in [0.25, 0.3) is 11.8 Å². The van der Waals surface area contributed by atoms with E-state index < -0.39 is 5.82 Å². The maximum absolute atomic E-state index is 15.1. The minimum absolute atomic E-state index is 0. The average molecular weight is 797 g/mol. The number of carbonyl (C=O) groups is 2. The van der Waals surface area contributed by atoms with Crippen LogP contribution in [0.3, 0.4) is 0 Å². The first-order valence-electron chi connectivity index (χ1n) is 18.2. The first-order valence-corrected chi connectivity index (χ1v) is 18.2. The summed E-state index contributed by atoms with van der Waals surface area (Å²) in [4.78, 5) is 38.1. The molecule has 3 heterocycles. The minimum Gasteiger partial charge on any atom is -0.504 e. The molecular formula is C44H44Cl2FN5O4. The third-order valence-corrected chi connectivity index (χ3v) is 10.7. The summed E-state index contributed by atoms with van der Waals surface area (Å²) in [6, 6.07) is 33.9. The van der Waals surface area contributed by atoms with Gasteiger partial charge in [0.1, 0.15) is 5.82 Å². The molecule has 1 atom stereocenters. The van der Waals surface area contributed by atoms with Crippen molar-refractivity contribution in [2.75, 3.05) is 51.8 Å². The van der Waals surface area contributed by atoms with Crippen molar-refractivity contribution >= 4 is 58.9 Å². The number of likely N-dealkylation sites (N-methyl/N-ethyl adjacent to an activating group) is 1. The van der Waals surface area contributed by atoms with E-state index in [-0.39, 0.29) is 59.7 Å². The number of nitrogens with zero attached hydrogens (tertiary/aromatic N) is 5. The van der Waals surface area contributed by atoms with Gasteiger partial charge in [0.05, 0.1) is 29.4 Å². The lowest BCUT2D eigenvalue weighted by Gasteiger charge is -2.41. The normalized spacial score (nSPS) is 15.7. The van der Waals surface area contributed by atoms with Gasteiger partial charge in [0, 0.05) is 74.3 Å². The van der Waals surface area contributed by atoms with Crippen LogP contribution >= 0.6 is 24.8 Å². The molecule has 5 aromatic carbocycles. The second kappa shape index (κ2) is 17.2. The fraction of sp³-hybridized carbons (Fsp3) is 0.227. The highest BCUT2D eigenvalue weighted by Crippen LogP contribution is 2.38. The number of halogens is 3. The first kappa shape index (κ1) is 40.3. The van der Waals surface area contributed by atoms with Crippen molar-refractivity contribution in [2.45, 2.75) is 19.0 Å². The van der Waals surface area contributed by atoms with Crippen LogP contribution in [0.15, 0.2) is 121 Å². The number of anilines is 2. The molecule has 2 aliphatic heterocycles. The summed E-state index contributed by atoms with van der Waals surface area (Å²) < 4.78 is 21.5. The van der Waals surface area contributed by atoms with Crippen molar-refractivity contribution in [1.82, 2.24) is 19.3 Å². The number of hydrogen-bond donors (Lipinski definition) is 1. The van der Waals surface area contributed by atoms with E-state index in [0.717, 1.165) is 44.7 Å². The number of carbonyl (C=O) groups excluding carboxylic acids is 2. The van der Waals surface area contributed by atoms with Gasteiger partial charge >= 0.3 is 0 Å². The lowest BCUT2D eigenvalue weighted by atomic mass is 9.92. The van der Waals surface area contributed by atoms with Crippen LogP contribution in [-0.2, 0) is 13.0 Å². The van der Waals surface area contributed by atoms with Crippen molar-refractivity contribution in [3.05, 3.63) is 150 Å².